The normalized spacial score (nSPS) is 24.8. The molecule has 0 bridgehead atoms. The monoisotopic (exact) mass is 258 g/mol. The zero-order valence-corrected chi connectivity index (χ0v) is 12.3. The van der Waals surface area contributed by atoms with Crippen molar-refractivity contribution >= 4 is 23.6 Å². The van der Waals surface area contributed by atoms with E-state index in [4.69, 9.17) is 0 Å². The molecule has 0 aliphatic carbocycles. The summed E-state index contributed by atoms with van der Waals surface area (Å²) in [7, 11) is 0. The second-order valence-electron chi connectivity index (χ2n) is 5.69. The summed E-state index contributed by atoms with van der Waals surface area (Å²) in [5, 5.41) is 2.75. The highest BCUT2D eigenvalue weighted by Gasteiger charge is 2.44. The molecule has 0 radical (unpaired) electrons. The number of piperazine rings is 1. The van der Waals surface area contributed by atoms with Gasteiger partial charge in [0.2, 0.25) is 11.8 Å². The van der Waals surface area contributed by atoms with E-state index in [1.165, 1.54) is 0 Å². The van der Waals surface area contributed by atoms with Crippen LogP contribution in [0.1, 0.15) is 34.6 Å². The third kappa shape index (κ3) is 2.94. The number of carbonyl (C=O) groups is 2. The lowest BCUT2D eigenvalue weighted by Gasteiger charge is -2.44. The quantitative estimate of drug-likeness (QED) is 0.829. The summed E-state index contributed by atoms with van der Waals surface area (Å²) in [5.74, 6) is -0.0850. The molecule has 1 N–H and O–H groups in total. The van der Waals surface area contributed by atoms with E-state index in [9.17, 15) is 9.59 Å². The molecule has 1 rings (SSSR count). The van der Waals surface area contributed by atoms with E-state index in [2.05, 4.69) is 19.2 Å². The van der Waals surface area contributed by atoms with Crippen molar-refractivity contribution in [1.82, 2.24) is 10.2 Å². The minimum absolute atomic E-state index is 0.00766. The van der Waals surface area contributed by atoms with Crippen molar-refractivity contribution in [2.24, 2.45) is 0 Å². The van der Waals surface area contributed by atoms with Crippen molar-refractivity contribution in [3.63, 3.8) is 0 Å². The van der Waals surface area contributed by atoms with Crippen LogP contribution in [-0.2, 0) is 9.59 Å². The van der Waals surface area contributed by atoms with E-state index in [0.717, 1.165) is 0 Å². The molecule has 1 atom stereocenters. The molecule has 1 heterocycles. The fraction of sp³-hybridized carbons (Fsp3) is 0.833. The van der Waals surface area contributed by atoms with Gasteiger partial charge in [0, 0.05) is 11.3 Å². The Bertz CT molecular complexity index is 339. The third-order valence-corrected chi connectivity index (χ3v) is 4.42. The van der Waals surface area contributed by atoms with Crippen LogP contribution >= 0.6 is 11.8 Å². The molecule has 5 heteroatoms. The lowest BCUT2D eigenvalue weighted by Crippen LogP contribution is -2.68. The highest BCUT2D eigenvalue weighted by Crippen LogP contribution is 2.26. The topological polar surface area (TPSA) is 49.4 Å². The van der Waals surface area contributed by atoms with Crippen LogP contribution in [0.15, 0.2) is 0 Å². The molecule has 2 amide bonds. The van der Waals surface area contributed by atoms with Gasteiger partial charge in [0.25, 0.3) is 0 Å². The molecule has 0 aromatic heterocycles. The van der Waals surface area contributed by atoms with Crippen LogP contribution in [0, 0.1) is 0 Å². The van der Waals surface area contributed by atoms with Gasteiger partial charge < -0.3 is 10.2 Å². The lowest BCUT2D eigenvalue weighted by atomic mass is 9.96. The maximum Gasteiger partial charge on any atom is 0.248 e. The Morgan fingerprint density at radius 2 is 1.94 bits per heavy atom. The smallest absolute Gasteiger partial charge is 0.248 e. The van der Waals surface area contributed by atoms with Gasteiger partial charge in [0.15, 0.2) is 0 Å². The second kappa shape index (κ2) is 4.52. The Morgan fingerprint density at radius 1 is 1.41 bits per heavy atom. The number of thioether (sulfide) groups is 1. The number of nitrogens with one attached hydrogen (secondary N) is 1. The van der Waals surface area contributed by atoms with Crippen LogP contribution < -0.4 is 5.32 Å². The van der Waals surface area contributed by atoms with Crippen molar-refractivity contribution in [3.8, 4) is 0 Å². The van der Waals surface area contributed by atoms with Gasteiger partial charge in [-0.15, -0.1) is 0 Å². The Hall–Kier alpha value is -0.710. The van der Waals surface area contributed by atoms with Crippen molar-refractivity contribution < 1.29 is 9.59 Å². The summed E-state index contributed by atoms with van der Waals surface area (Å²) in [6.45, 7) is 10.0. The van der Waals surface area contributed by atoms with E-state index in [0.29, 0.717) is 6.54 Å². The van der Waals surface area contributed by atoms with Gasteiger partial charge in [-0.3, -0.25) is 9.59 Å². The van der Waals surface area contributed by atoms with E-state index < -0.39 is 5.54 Å². The van der Waals surface area contributed by atoms with Crippen molar-refractivity contribution in [3.05, 3.63) is 0 Å². The zero-order chi connectivity index (χ0) is 13.4. The SMILES string of the molecule is CSC(C)(C)CN1C(=O)C(C)(C)NC(=O)C1C. The van der Waals surface area contributed by atoms with Gasteiger partial charge in [-0.2, -0.15) is 11.8 Å². The van der Waals surface area contributed by atoms with Crippen LogP contribution in [0.5, 0.6) is 0 Å². The molecule has 0 saturated carbocycles. The Morgan fingerprint density at radius 3 is 2.41 bits per heavy atom. The summed E-state index contributed by atoms with van der Waals surface area (Å²) >= 11 is 1.70. The average molecular weight is 258 g/mol. The molecule has 1 fully saturated rings. The number of rotatable bonds is 3. The van der Waals surface area contributed by atoms with Crippen LogP contribution in [-0.4, -0.2) is 45.8 Å². The van der Waals surface area contributed by atoms with Crippen molar-refractivity contribution in [2.75, 3.05) is 12.8 Å². The Kier molecular flexibility index (Phi) is 3.81. The number of hydrogen-bond donors (Lipinski definition) is 1. The van der Waals surface area contributed by atoms with E-state index in [-0.39, 0.29) is 22.6 Å². The first-order valence-electron chi connectivity index (χ1n) is 5.79. The largest absolute Gasteiger partial charge is 0.340 e. The first kappa shape index (κ1) is 14.4. The highest BCUT2D eigenvalue weighted by molar-refractivity contribution is 7.99. The van der Waals surface area contributed by atoms with Crippen LogP contribution in [0.2, 0.25) is 0 Å². The Labute approximate surface area is 108 Å². The van der Waals surface area contributed by atoms with E-state index in [1.807, 2.05) is 6.26 Å². The minimum Gasteiger partial charge on any atom is -0.340 e. The maximum absolute atomic E-state index is 12.3. The van der Waals surface area contributed by atoms with E-state index in [1.54, 1.807) is 37.4 Å². The zero-order valence-electron chi connectivity index (χ0n) is 11.5. The summed E-state index contributed by atoms with van der Waals surface area (Å²) in [6.07, 6.45) is 2.02. The van der Waals surface area contributed by atoms with Crippen LogP contribution in [0.3, 0.4) is 0 Å². The van der Waals surface area contributed by atoms with Gasteiger partial charge in [-0.25, -0.2) is 0 Å². The number of carbonyl (C=O) groups excluding carboxylic acids is 2. The molecular formula is C12H22N2O2S. The van der Waals surface area contributed by atoms with Gasteiger partial charge in [0.05, 0.1) is 0 Å². The fourth-order valence-corrected chi connectivity index (χ4v) is 2.09. The molecule has 0 spiro atoms. The lowest BCUT2D eigenvalue weighted by molar-refractivity contribution is -0.153. The summed E-state index contributed by atoms with van der Waals surface area (Å²) in [5.41, 5.74) is -0.794. The number of hydrogen-bond acceptors (Lipinski definition) is 3. The average Bonchev–Trinajstić information content (AvgIpc) is 2.21. The van der Waals surface area contributed by atoms with Crippen molar-refractivity contribution in [1.29, 1.82) is 0 Å². The number of nitrogens with zero attached hydrogens (tertiary/aromatic N) is 1. The van der Waals surface area contributed by atoms with Crippen LogP contribution in [0.25, 0.3) is 0 Å². The van der Waals surface area contributed by atoms with Crippen molar-refractivity contribution in [2.45, 2.75) is 50.9 Å². The molecule has 4 nitrogen and oxygen atoms in total. The predicted molar refractivity (Wildman–Crippen MR) is 71.0 cm³/mol. The molecule has 0 aromatic rings. The maximum atomic E-state index is 12.3. The van der Waals surface area contributed by atoms with Gasteiger partial charge in [-0.1, -0.05) is 0 Å². The van der Waals surface area contributed by atoms with Crippen LogP contribution in [0.4, 0.5) is 0 Å². The molecule has 1 unspecified atom stereocenters. The Balaban J connectivity index is 2.95. The first-order chi connectivity index (χ1) is 7.60. The standard InChI is InChI=1S/C12H22N2O2S/c1-8-9(15)13-12(4,5)10(16)14(8)7-11(2,3)17-6/h8H,7H2,1-6H3,(H,13,15). The highest BCUT2D eigenvalue weighted by atomic mass is 32.2. The molecule has 0 aromatic carbocycles. The van der Waals surface area contributed by atoms with E-state index >= 15 is 0 Å². The summed E-state index contributed by atoms with van der Waals surface area (Å²) in [6, 6.07) is -0.387. The predicted octanol–water partition coefficient (Wildman–Crippen LogP) is 1.25. The fourth-order valence-electron chi connectivity index (χ4n) is 1.83. The summed E-state index contributed by atoms with van der Waals surface area (Å²) < 4.78 is -0.0440. The molecule has 98 valence electrons. The third-order valence-electron chi connectivity index (χ3n) is 3.18. The summed E-state index contributed by atoms with van der Waals surface area (Å²) in [4.78, 5) is 25.8. The minimum atomic E-state index is -0.794. The second-order valence-corrected chi connectivity index (χ2v) is 7.20. The first-order valence-corrected chi connectivity index (χ1v) is 7.01. The molecule has 17 heavy (non-hydrogen) atoms. The van der Waals surface area contributed by atoms with Gasteiger partial charge >= 0.3 is 0 Å². The van der Waals surface area contributed by atoms with Gasteiger partial charge in [0.1, 0.15) is 11.6 Å². The molecule has 1 saturated heterocycles. The molecular weight excluding hydrogens is 236 g/mol. The number of amides is 2. The molecule has 1 aliphatic rings. The molecule has 1 aliphatic heterocycles. The van der Waals surface area contributed by atoms with Gasteiger partial charge in [-0.05, 0) is 40.9 Å².